The van der Waals surface area contributed by atoms with Crippen LogP contribution in [0.2, 0.25) is 10.0 Å². The highest BCUT2D eigenvalue weighted by molar-refractivity contribution is 7.92. The summed E-state index contributed by atoms with van der Waals surface area (Å²) in [5.41, 5.74) is 4.06. The zero-order valence-corrected chi connectivity index (χ0v) is 22.3. The summed E-state index contributed by atoms with van der Waals surface area (Å²) < 4.78 is 28.0. The van der Waals surface area contributed by atoms with Crippen molar-refractivity contribution in [2.24, 2.45) is 0 Å². The lowest BCUT2D eigenvalue weighted by molar-refractivity contribution is -0.124. The van der Waals surface area contributed by atoms with Gasteiger partial charge in [-0.1, -0.05) is 41.4 Å². The SMILES string of the molecule is O=C(C=Cc1ccc(S(=O)(=O)Nc2ccc(C(=O)Nc3ccc(Cl)c(-c4ccccn4)c3)c(Cl)c2)cc1)NO. The van der Waals surface area contributed by atoms with Gasteiger partial charge in [0.2, 0.25) is 0 Å². The Morgan fingerprint density at radius 3 is 2.28 bits per heavy atom. The van der Waals surface area contributed by atoms with Crippen LogP contribution in [0.25, 0.3) is 17.3 Å². The molecule has 0 aliphatic heterocycles. The lowest BCUT2D eigenvalue weighted by Crippen LogP contribution is -2.15. The molecule has 4 N–H and O–H groups in total. The van der Waals surface area contributed by atoms with E-state index in [9.17, 15) is 18.0 Å². The van der Waals surface area contributed by atoms with E-state index in [0.717, 1.165) is 6.08 Å². The molecule has 12 heteroatoms. The molecule has 1 aromatic heterocycles. The van der Waals surface area contributed by atoms with E-state index in [4.69, 9.17) is 28.4 Å². The van der Waals surface area contributed by atoms with Gasteiger partial charge >= 0.3 is 0 Å². The fourth-order valence-corrected chi connectivity index (χ4v) is 4.99. The Bertz CT molecular complexity index is 1660. The van der Waals surface area contributed by atoms with Gasteiger partial charge in [0.05, 0.1) is 31.9 Å². The highest BCUT2D eigenvalue weighted by atomic mass is 35.5. The third kappa shape index (κ3) is 7.01. The number of rotatable bonds is 8. The smallest absolute Gasteiger partial charge is 0.267 e. The Balaban J connectivity index is 1.47. The lowest BCUT2D eigenvalue weighted by Gasteiger charge is -2.12. The van der Waals surface area contributed by atoms with Gasteiger partial charge in [-0.05, 0) is 72.3 Å². The Labute approximate surface area is 234 Å². The van der Waals surface area contributed by atoms with Crippen LogP contribution in [0, 0.1) is 0 Å². The molecule has 9 nitrogen and oxygen atoms in total. The van der Waals surface area contributed by atoms with Gasteiger partial charge in [0, 0.05) is 23.5 Å². The first kappa shape index (κ1) is 27.8. The van der Waals surface area contributed by atoms with E-state index in [1.165, 1.54) is 54.0 Å². The van der Waals surface area contributed by atoms with Crippen molar-refractivity contribution in [1.82, 2.24) is 10.5 Å². The molecule has 0 spiro atoms. The molecule has 0 aliphatic carbocycles. The Morgan fingerprint density at radius 1 is 0.872 bits per heavy atom. The Kier molecular flexibility index (Phi) is 8.62. The first-order valence-corrected chi connectivity index (χ1v) is 13.5. The van der Waals surface area contributed by atoms with Crippen LogP contribution in [0.5, 0.6) is 0 Å². The molecule has 1 heterocycles. The number of pyridine rings is 1. The second kappa shape index (κ2) is 12.1. The van der Waals surface area contributed by atoms with Crippen LogP contribution in [-0.4, -0.2) is 30.4 Å². The monoisotopic (exact) mass is 582 g/mol. The molecule has 2 amide bonds. The number of nitrogens with zero attached hydrogens (tertiary/aromatic N) is 1. The van der Waals surface area contributed by atoms with Crippen molar-refractivity contribution in [1.29, 1.82) is 0 Å². The molecule has 0 saturated carbocycles. The molecule has 4 aromatic rings. The normalized spacial score (nSPS) is 11.3. The average molecular weight is 583 g/mol. The average Bonchev–Trinajstić information content (AvgIpc) is 2.93. The summed E-state index contributed by atoms with van der Waals surface area (Å²) in [5, 5.41) is 11.8. The number of carbonyl (C=O) groups excluding carboxylic acids is 2. The maximum Gasteiger partial charge on any atom is 0.267 e. The summed E-state index contributed by atoms with van der Waals surface area (Å²) in [4.78, 5) is 28.2. The summed E-state index contributed by atoms with van der Waals surface area (Å²) in [6.07, 6.45) is 4.14. The van der Waals surface area contributed by atoms with Crippen molar-refractivity contribution in [2.75, 3.05) is 10.0 Å². The zero-order valence-electron chi connectivity index (χ0n) is 19.9. The summed E-state index contributed by atoms with van der Waals surface area (Å²) in [6, 6.07) is 20.3. The van der Waals surface area contributed by atoms with Crippen molar-refractivity contribution < 1.29 is 23.2 Å². The Hall–Kier alpha value is -4.22. The number of amides is 2. The van der Waals surface area contributed by atoms with E-state index in [2.05, 4.69) is 15.0 Å². The number of nitrogens with one attached hydrogen (secondary N) is 3. The number of carbonyl (C=O) groups is 2. The van der Waals surface area contributed by atoms with Gasteiger partial charge in [0.15, 0.2) is 0 Å². The molecule has 0 radical (unpaired) electrons. The standard InChI is InChI=1S/C27H20Cl2N4O5S/c28-23-12-8-18(15-22(23)25-3-1-2-14-30-25)31-27(35)21-11-7-19(16-24(21)29)33-39(37,38)20-9-4-17(5-10-20)6-13-26(34)32-36/h1-16,33,36H,(H,31,35)(H,32,34). The Morgan fingerprint density at radius 2 is 1.62 bits per heavy atom. The minimum Gasteiger partial charge on any atom is -0.322 e. The lowest BCUT2D eigenvalue weighted by atomic mass is 10.1. The van der Waals surface area contributed by atoms with E-state index >= 15 is 0 Å². The van der Waals surface area contributed by atoms with Crippen LogP contribution < -0.4 is 15.5 Å². The van der Waals surface area contributed by atoms with Crippen molar-refractivity contribution in [3.63, 3.8) is 0 Å². The molecule has 4 rings (SSSR count). The van der Waals surface area contributed by atoms with Crippen LogP contribution in [0.1, 0.15) is 15.9 Å². The topological polar surface area (TPSA) is 137 Å². The van der Waals surface area contributed by atoms with Crippen LogP contribution in [0.15, 0.2) is 96.0 Å². The first-order chi connectivity index (χ1) is 18.7. The van der Waals surface area contributed by atoms with Crippen LogP contribution in [0.4, 0.5) is 11.4 Å². The molecule has 3 aromatic carbocycles. The molecule has 0 fully saturated rings. The molecular formula is C27H20Cl2N4O5S. The van der Waals surface area contributed by atoms with Crippen LogP contribution in [0.3, 0.4) is 0 Å². The van der Waals surface area contributed by atoms with E-state index in [1.807, 2.05) is 6.07 Å². The van der Waals surface area contributed by atoms with Crippen LogP contribution >= 0.6 is 23.2 Å². The quantitative estimate of drug-likeness (QED) is 0.121. The summed E-state index contributed by atoms with van der Waals surface area (Å²) in [5.74, 6) is -1.22. The maximum atomic E-state index is 12.9. The number of halogens is 2. The number of aromatic nitrogens is 1. The van der Waals surface area contributed by atoms with Crippen LogP contribution in [-0.2, 0) is 14.8 Å². The van der Waals surface area contributed by atoms with Crippen molar-refractivity contribution >= 4 is 62.5 Å². The van der Waals surface area contributed by atoms with Crippen molar-refractivity contribution in [2.45, 2.75) is 4.90 Å². The predicted molar refractivity (Wildman–Crippen MR) is 150 cm³/mol. The van der Waals surface area contributed by atoms with E-state index < -0.39 is 21.8 Å². The molecule has 0 unspecified atom stereocenters. The summed E-state index contributed by atoms with van der Waals surface area (Å²) in [7, 11) is -3.97. The van der Waals surface area contributed by atoms with Gasteiger partial charge in [-0.2, -0.15) is 0 Å². The molecular weight excluding hydrogens is 563 g/mol. The fraction of sp³-hybridized carbons (Fsp3) is 0. The maximum absolute atomic E-state index is 12.9. The highest BCUT2D eigenvalue weighted by Gasteiger charge is 2.17. The molecule has 198 valence electrons. The van der Waals surface area contributed by atoms with Gasteiger partial charge in [0.1, 0.15) is 0 Å². The first-order valence-electron chi connectivity index (χ1n) is 11.2. The van der Waals surface area contributed by atoms with Crippen molar-refractivity contribution in [3.8, 4) is 11.3 Å². The number of hydrogen-bond donors (Lipinski definition) is 4. The third-order valence-electron chi connectivity index (χ3n) is 5.36. The second-order valence-electron chi connectivity index (χ2n) is 8.04. The largest absolute Gasteiger partial charge is 0.322 e. The highest BCUT2D eigenvalue weighted by Crippen LogP contribution is 2.30. The molecule has 0 aliphatic rings. The molecule has 0 atom stereocenters. The van der Waals surface area contributed by atoms with Gasteiger partial charge in [-0.15, -0.1) is 0 Å². The number of benzene rings is 3. The summed E-state index contributed by atoms with van der Waals surface area (Å²) in [6.45, 7) is 0. The van der Waals surface area contributed by atoms with E-state index in [1.54, 1.807) is 36.5 Å². The summed E-state index contributed by atoms with van der Waals surface area (Å²) >= 11 is 12.6. The number of hydroxylamine groups is 1. The fourth-order valence-electron chi connectivity index (χ4n) is 3.46. The number of sulfonamides is 1. The molecule has 0 bridgehead atoms. The minimum atomic E-state index is -3.97. The molecule has 39 heavy (non-hydrogen) atoms. The van der Waals surface area contributed by atoms with Gasteiger partial charge in [0.25, 0.3) is 21.8 Å². The van der Waals surface area contributed by atoms with Gasteiger partial charge in [-0.3, -0.25) is 24.5 Å². The van der Waals surface area contributed by atoms with Gasteiger partial charge < -0.3 is 5.32 Å². The van der Waals surface area contributed by atoms with E-state index in [0.29, 0.717) is 27.5 Å². The third-order valence-corrected chi connectivity index (χ3v) is 7.40. The second-order valence-corrected chi connectivity index (χ2v) is 10.5. The zero-order chi connectivity index (χ0) is 28.0. The number of hydrogen-bond acceptors (Lipinski definition) is 6. The molecule has 0 saturated heterocycles. The minimum absolute atomic E-state index is 0.0318. The number of anilines is 2. The predicted octanol–water partition coefficient (Wildman–Crippen LogP) is 5.63. The van der Waals surface area contributed by atoms with Crippen molar-refractivity contribution in [3.05, 3.63) is 112 Å². The van der Waals surface area contributed by atoms with Gasteiger partial charge in [-0.25, -0.2) is 13.9 Å². The van der Waals surface area contributed by atoms with E-state index in [-0.39, 0.29) is 21.2 Å².